The summed E-state index contributed by atoms with van der Waals surface area (Å²) in [5.41, 5.74) is 3.63. The summed E-state index contributed by atoms with van der Waals surface area (Å²) in [6.45, 7) is 3.04. The van der Waals surface area contributed by atoms with E-state index in [9.17, 15) is 18.1 Å². The molecular formula is C26H25ClFN3O2S. The van der Waals surface area contributed by atoms with Crippen molar-refractivity contribution < 1.29 is 12.8 Å². The second-order valence-electron chi connectivity index (χ2n) is 8.52. The lowest BCUT2D eigenvalue weighted by molar-refractivity contribution is 0.467. The molecule has 176 valence electrons. The third-order valence-corrected chi connectivity index (χ3v) is 8.34. The summed E-state index contributed by atoms with van der Waals surface area (Å²) in [4.78, 5) is 2.06. The second kappa shape index (κ2) is 10.1. The van der Waals surface area contributed by atoms with Crippen molar-refractivity contribution in [3.63, 3.8) is 0 Å². The van der Waals surface area contributed by atoms with Crippen LogP contribution in [0.15, 0.2) is 66.7 Å². The zero-order valence-electron chi connectivity index (χ0n) is 18.8. The standard InChI is InChI=1S/C26H25ClFN3O2S/c1-19-7-9-23(28)13-22(19)16-31(24-10-8-21(15-29)26(27)14-24)25-11-12-30(17-25)34(32,33)18-20-5-3-2-4-6-20/h2-10,13-14,25H,11-12,16-18H2,1H3/t25-/m0/s1. The third-order valence-electron chi connectivity index (χ3n) is 6.21. The lowest BCUT2D eigenvalue weighted by Crippen LogP contribution is -2.39. The lowest BCUT2D eigenvalue weighted by atomic mass is 10.1. The van der Waals surface area contributed by atoms with Gasteiger partial charge in [-0.25, -0.2) is 12.8 Å². The van der Waals surface area contributed by atoms with Crippen molar-refractivity contribution in [3.8, 4) is 6.07 Å². The fraction of sp³-hybridized carbons (Fsp3) is 0.269. The number of anilines is 1. The van der Waals surface area contributed by atoms with Crippen molar-refractivity contribution in [3.05, 3.63) is 99.8 Å². The molecule has 1 atom stereocenters. The number of hydrogen-bond acceptors (Lipinski definition) is 4. The van der Waals surface area contributed by atoms with Crippen molar-refractivity contribution in [2.24, 2.45) is 0 Å². The summed E-state index contributed by atoms with van der Waals surface area (Å²) in [6.07, 6.45) is 0.625. The van der Waals surface area contributed by atoms with E-state index in [0.29, 0.717) is 36.6 Å². The molecule has 3 aromatic rings. The van der Waals surface area contributed by atoms with Gasteiger partial charge in [0.1, 0.15) is 11.9 Å². The summed E-state index contributed by atoms with van der Waals surface area (Å²) < 4.78 is 41.7. The first kappa shape index (κ1) is 24.2. The van der Waals surface area contributed by atoms with Crippen molar-refractivity contribution in [1.82, 2.24) is 4.31 Å². The first-order chi connectivity index (χ1) is 16.3. The van der Waals surface area contributed by atoms with E-state index in [-0.39, 0.29) is 17.6 Å². The van der Waals surface area contributed by atoms with Gasteiger partial charge in [-0.1, -0.05) is 48.0 Å². The number of rotatable bonds is 7. The summed E-state index contributed by atoms with van der Waals surface area (Å²) in [5.74, 6) is -0.372. The zero-order valence-corrected chi connectivity index (χ0v) is 20.4. The van der Waals surface area contributed by atoms with Gasteiger partial charge in [0.05, 0.1) is 16.3 Å². The molecule has 5 nitrogen and oxygen atoms in total. The van der Waals surface area contributed by atoms with Gasteiger partial charge in [0.25, 0.3) is 0 Å². The predicted molar refractivity (Wildman–Crippen MR) is 133 cm³/mol. The highest BCUT2D eigenvalue weighted by molar-refractivity contribution is 7.88. The van der Waals surface area contributed by atoms with E-state index < -0.39 is 10.0 Å². The highest BCUT2D eigenvalue weighted by atomic mass is 35.5. The highest BCUT2D eigenvalue weighted by Gasteiger charge is 2.35. The quantitative estimate of drug-likeness (QED) is 0.446. The van der Waals surface area contributed by atoms with E-state index >= 15 is 0 Å². The molecule has 0 unspecified atom stereocenters. The van der Waals surface area contributed by atoms with Gasteiger partial charge in [-0.15, -0.1) is 0 Å². The molecule has 0 amide bonds. The van der Waals surface area contributed by atoms with Crippen molar-refractivity contribution in [2.45, 2.75) is 31.7 Å². The highest BCUT2D eigenvalue weighted by Crippen LogP contribution is 2.31. The smallest absolute Gasteiger partial charge is 0.218 e. The predicted octanol–water partition coefficient (Wildman–Crippen LogP) is 5.27. The van der Waals surface area contributed by atoms with Crippen LogP contribution in [0.4, 0.5) is 10.1 Å². The average molecular weight is 498 g/mol. The van der Waals surface area contributed by atoms with Crippen LogP contribution in [0.2, 0.25) is 5.02 Å². The molecule has 0 aliphatic carbocycles. The van der Waals surface area contributed by atoms with Gasteiger partial charge >= 0.3 is 0 Å². The van der Waals surface area contributed by atoms with Crippen LogP contribution in [-0.2, 0) is 22.3 Å². The average Bonchev–Trinajstić information content (AvgIpc) is 3.31. The third kappa shape index (κ3) is 5.41. The SMILES string of the molecule is Cc1ccc(F)cc1CN(c1ccc(C#N)c(Cl)c1)[C@H]1CCN(S(=O)(=O)Cc2ccccc2)C1. The topological polar surface area (TPSA) is 64.4 Å². The number of hydrogen-bond donors (Lipinski definition) is 0. The minimum atomic E-state index is -3.49. The van der Waals surface area contributed by atoms with Crippen LogP contribution in [0, 0.1) is 24.1 Å². The van der Waals surface area contributed by atoms with Crippen molar-refractivity contribution in [1.29, 1.82) is 5.26 Å². The summed E-state index contributed by atoms with van der Waals surface area (Å²) in [7, 11) is -3.49. The normalized spacial score (nSPS) is 16.4. The largest absolute Gasteiger partial charge is 0.363 e. The number of halogens is 2. The second-order valence-corrected chi connectivity index (χ2v) is 10.9. The Morgan fingerprint density at radius 3 is 2.62 bits per heavy atom. The molecule has 0 bridgehead atoms. The molecule has 0 aromatic heterocycles. The van der Waals surface area contributed by atoms with Gasteiger partial charge in [0.2, 0.25) is 10.0 Å². The Labute approximate surface area is 205 Å². The molecule has 0 N–H and O–H groups in total. The van der Waals surface area contributed by atoms with Crippen LogP contribution in [0.5, 0.6) is 0 Å². The Morgan fingerprint density at radius 2 is 1.91 bits per heavy atom. The number of nitriles is 1. The van der Waals surface area contributed by atoms with Gasteiger partial charge in [0.15, 0.2) is 0 Å². The molecule has 1 fully saturated rings. The number of benzene rings is 3. The van der Waals surface area contributed by atoms with Gasteiger partial charge in [-0.3, -0.25) is 0 Å². The molecule has 0 saturated carbocycles. The molecule has 3 aromatic carbocycles. The maximum absolute atomic E-state index is 14.0. The molecule has 1 heterocycles. The molecule has 34 heavy (non-hydrogen) atoms. The molecule has 1 aliphatic rings. The number of aryl methyl sites for hydroxylation is 1. The maximum Gasteiger partial charge on any atom is 0.218 e. The molecular weight excluding hydrogens is 473 g/mol. The van der Waals surface area contributed by atoms with Crippen LogP contribution in [0.3, 0.4) is 0 Å². The molecule has 4 rings (SSSR count). The summed E-state index contributed by atoms with van der Waals surface area (Å²) >= 11 is 6.32. The van der Waals surface area contributed by atoms with Crippen LogP contribution >= 0.6 is 11.6 Å². The van der Waals surface area contributed by atoms with Crippen molar-refractivity contribution >= 4 is 27.3 Å². The van der Waals surface area contributed by atoms with Crippen LogP contribution in [0.25, 0.3) is 0 Å². The van der Waals surface area contributed by atoms with Gasteiger partial charge in [-0.05, 0) is 60.4 Å². The van der Waals surface area contributed by atoms with E-state index in [1.165, 1.54) is 16.4 Å². The Kier molecular flexibility index (Phi) is 7.22. The fourth-order valence-electron chi connectivity index (χ4n) is 4.29. The zero-order chi connectivity index (χ0) is 24.3. The number of sulfonamides is 1. The molecule has 1 aliphatic heterocycles. The first-order valence-corrected chi connectivity index (χ1v) is 13.0. The van der Waals surface area contributed by atoms with Crippen LogP contribution in [0.1, 0.15) is 28.7 Å². The lowest BCUT2D eigenvalue weighted by Gasteiger charge is -2.32. The van der Waals surface area contributed by atoms with Gasteiger partial charge in [0, 0.05) is 31.4 Å². The van der Waals surface area contributed by atoms with E-state index in [2.05, 4.69) is 11.0 Å². The van der Waals surface area contributed by atoms with E-state index in [0.717, 1.165) is 22.4 Å². The van der Waals surface area contributed by atoms with Gasteiger partial charge in [-0.2, -0.15) is 9.57 Å². The first-order valence-electron chi connectivity index (χ1n) is 11.0. The summed E-state index contributed by atoms with van der Waals surface area (Å²) in [5, 5.41) is 9.57. The molecule has 8 heteroatoms. The van der Waals surface area contributed by atoms with E-state index in [1.54, 1.807) is 24.3 Å². The molecule has 0 radical (unpaired) electrons. The molecule has 1 saturated heterocycles. The van der Waals surface area contributed by atoms with E-state index in [1.807, 2.05) is 37.3 Å². The maximum atomic E-state index is 14.0. The van der Waals surface area contributed by atoms with Crippen molar-refractivity contribution in [2.75, 3.05) is 18.0 Å². The molecule has 0 spiro atoms. The minimum Gasteiger partial charge on any atom is -0.363 e. The van der Waals surface area contributed by atoms with Gasteiger partial charge < -0.3 is 4.90 Å². The Morgan fingerprint density at radius 1 is 1.15 bits per heavy atom. The Balaban J connectivity index is 1.62. The number of nitrogens with zero attached hydrogens (tertiary/aromatic N) is 3. The minimum absolute atomic E-state index is 0.0493. The Bertz CT molecular complexity index is 1330. The van der Waals surface area contributed by atoms with E-state index in [4.69, 9.17) is 11.6 Å². The Hall–Kier alpha value is -2.92. The summed E-state index contributed by atoms with van der Waals surface area (Å²) in [6, 6.07) is 20.9. The fourth-order valence-corrected chi connectivity index (χ4v) is 6.09. The van der Waals surface area contributed by atoms with Crippen LogP contribution < -0.4 is 4.90 Å². The van der Waals surface area contributed by atoms with Crippen LogP contribution in [-0.4, -0.2) is 31.9 Å². The monoisotopic (exact) mass is 497 g/mol.